The van der Waals surface area contributed by atoms with Crippen LogP contribution in [0.3, 0.4) is 0 Å². The van der Waals surface area contributed by atoms with Gasteiger partial charge in [0.2, 0.25) is 5.91 Å². The van der Waals surface area contributed by atoms with Crippen molar-refractivity contribution in [1.82, 2.24) is 4.98 Å². The molecule has 0 atom stereocenters. The third-order valence-corrected chi connectivity index (χ3v) is 6.85. The molecule has 34 heavy (non-hydrogen) atoms. The van der Waals surface area contributed by atoms with Gasteiger partial charge in [-0.15, -0.1) is 0 Å². The number of anilines is 1. The molecule has 0 fully saturated rings. The molecule has 0 saturated heterocycles. The van der Waals surface area contributed by atoms with Gasteiger partial charge in [-0.05, 0) is 49.2 Å². The lowest BCUT2D eigenvalue weighted by atomic mass is 9.96. The summed E-state index contributed by atoms with van der Waals surface area (Å²) >= 11 is 7.44. The summed E-state index contributed by atoms with van der Waals surface area (Å²) in [5, 5.41) is 4.99. The number of hydrogen-bond acceptors (Lipinski definition) is 5. The van der Waals surface area contributed by atoms with Gasteiger partial charge in [-0.1, -0.05) is 53.3 Å². The Morgan fingerprint density at radius 1 is 1.18 bits per heavy atom. The largest absolute Gasteiger partial charge is 0.496 e. The van der Waals surface area contributed by atoms with E-state index in [4.69, 9.17) is 20.8 Å². The molecular weight excluding hydrogens is 468 g/mol. The molecule has 0 aliphatic heterocycles. The van der Waals surface area contributed by atoms with E-state index in [0.717, 1.165) is 49.0 Å². The van der Waals surface area contributed by atoms with E-state index in [1.54, 1.807) is 25.5 Å². The Morgan fingerprint density at radius 2 is 1.97 bits per heavy atom. The van der Waals surface area contributed by atoms with Gasteiger partial charge in [0.1, 0.15) is 11.3 Å². The van der Waals surface area contributed by atoms with E-state index in [2.05, 4.69) is 10.3 Å². The lowest BCUT2D eigenvalue weighted by Gasteiger charge is -2.13. The molecule has 0 aliphatic rings. The molecule has 0 radical (unpaired) electrons. The summed E-state index contributed by atoms with van der Waals surface area (Å²) in [4.78, 5) is 17.3. The number of amides is 1. The van der Waals surface area contributed by atoms with E-state index in [0.29, 0.717) is 15.9 Å². The highest BCUT2D eigenvalue weighted by Crippen LogP contribution is 2.40. The van der Waals surface area contributed by atoms with E-state index < -0.39 is 0 Å². The maximum atomic E-state index is 12.8. The van der Waals surface area contributed by atoms with Crippen molar-refractivity contribution in [2.75, 3.05) is 12.4 Å². The molecule has 2 heterocycles. The van der Waals surface area contributed by atoms with Crippen molar-refractivity contribution in [3.63, 3.8) is 0 Å². The Kier molecular flexibility index (Phi) is 5.86. The van der Waals surface area contributed by atoms with Crippen molar-refractivity contribution >= 4 is 60.7 Å². The molecule has 1 N–H and O–H groups in total. The molecule has 3 aromatic carbocycles. The molecule has 0 spiro atoms. The van der Waals surface area contributed by atoms with Crippen molar-refractivity contribution in [1.29, 1.82) is 0 Å². The first-order valence-corrected chi connectivity index (χ1v) is 11.8. The summed E-state index contributed by atoms with van der Waals surface area (Å²) in [6, 6.07) is 17.5. The van der Waals surface area contributed by atoms with E-state index in [9.17, 15) is 4.79 Å². The molecule has 0 saturated carbocycles. The van der Waals surface area contributed by atoms with Crippen LogP contribution in [0.5, 0.6) is 5.75 Å². The van der Waals surface area contributed by atoms with Gasteiger partial charge < -0.3 is 9.15 Å². The second kappa shape index (κ2) is 8.97. The maximum absolute atomic E-state index is 12.8. The van der Waals surface area contributed by atoms with Gasteiger partial charge in [0.05, 0.1) is 23.6 Å². The number of allylic oxidation sites excluding steroid dienone is 1. The van der Waals surface area contributed by atoms with Gasteiger partial charge in [0, 0.05) is 33.2 Å². The molecular formula is C27H21ClN2O3S. The first-order chi connectivity index (χ1) is 16.4. The van der Waals surface area contributed by atoms with Gasteiger partial charge in [0.15, 0.2) is 5.13 Å². The summed E-state index contributed by atoms with van der Waals surface area (Å²) in [6.07, 6.45) is 3.33. The van der Waals surface area contributed by atoms with Crippen LogP contribution in [0, 0.1) is 6.92 Å². The molecule has 5 nitrogen and oxygen atoms in total. The fraction of sp³-hybridized carbons (Fsp3) is 0.111. The summed E-state index contributed by atoms with van der Waals surface area (Å²) in [5.74, 6) is 0.413. The number of hydrogen-bond donors (Lipinski definition) is 1. The van der Waals surface area contributed by atoms with Crippen LogP contribution >= 0.6 is 22.9 Å². The average molecular weight is 489 g/mol. The van der Waals surface area contributed by atoms with Crippen molar-refractivity contribution in [2.24, 2.45) is 0 Å². The van der Waals surface area contributed by atoms with E-state index in [-0.39, 0.29) is 5.91 Å². The number of rotatable bonds is 5. The summed E-state index contributed by atoms with van der Waals surface area (Å²) in [5.41, 5.74) is 6.10. The first kappa shape index (κ1) is 22.2. The standard InChI is InChI=1S/C27H21ClN2O3S/c1-15(11-24(31)30-27-29-22-10-9-18(28)12-23(22)34-27)19-13-20-21(17-7-5-4-6-8-17)14-33-26(20)16(2)25(19)32-3/h4-14H,1-3H3,(H,29,30,31)/b15-11+. The highest BCUT2D eigenvalue weighted by Gasteiger charge is 2.19. The number of nitrogens with one attached hydrogen (secondary N) is 1. The van der Waals surface area contributed by atoms with Crippen LogP contribution in [0.1, 0.15) is 18.1 Å². The number of nitrogens with zero attached hydrogens (tertiary/aromatic N) is 1. The number of ether oxygens (including phenoxy) is 1. The number of thiazole rings is 1. The SMILES string of the molecule is COc1c(/C(C)=C/C(=O)Nc2nc3ccc(Cl)cc3s2)cc2c(-c3ccccc3)coc2c1C. The summed E-state index contributed by atoms with van der Waals surface area (Å²) in [6.45, 7) is 3.85. The van der Waals surface area contributed by atoms with Crippen molar-refractivity contribution in [3.8, 4) is 16.9 Å². The fourth-order valence-electron chi connectivity index (χ4n) is 4.08. The molecule has 5 aromatic rings. The topological polar surface area (TPSA) is 64.4 Å². The van der Waals surface area contributed by atoms with Crippen LogP contribution in [-0.2, 0) is 4.79 Å². The van der Waals surface area contributed by atoms with Crippen LogP contribution in [-0.4, -0.2) is 18.0 Å². The van der Waals surface area contributed by atoms with E-state index in [1.165, 1.54) is 11.3 Å². The average Bonchev–Trinajstić information content (AvgIpc) is 3.42. The van der Waals surface area contributed by atoms with Crippen LogP contribution in [0.4, 0.5) is 5.13 Å². The second-order valence-corrected chi connectivity index (χ2v) is 9.39. The zero-order valence-corrected chi connectivity index (χ0v) is 20.4. The number of benzene rings is 3. The van der Waals surface area contributed by atoms with Gasteiger partial charge in [-0.3, -0.25) is 10.1 Å². The minimum absolute atomic E-state index is 0.266. The van der Waals surface area contributed by atoms with Crippen molar-refractivity contribution in [2.45, 2.75) is 13.8 Å². The second-order valence-electron chi connectivity index (χ2n) is 7.92. The molecule has 5 rings (SSSR count). The monoisotopic (exact) mass is 488 g/mol. The number of aryl methyl sites for hydroxylation is 1. The molecule has 0 bridgehead atoms. The smallest absolute Gasteiger partial charge is 0.250 e. The number of furan rings is 1. The number of halogens is 1. The van der Waals surface area contributed by atoms with Gasteiger partial charge in [-0.25, -0.2) is 4.98 Å². The Morgan fingerprint density at radius 3 is 2.74 bits per heavy atom. The molecule has 0 aliphatic carbocycles. The number of carbonyl (C=O) groups excluding carboxylic acids is 1. The number of carbonyl (C=O) groups is 1. The fourth-order valence-corrected chi connectivity index (χ4v) is 5.23. The minimum Gasteiger partial charge on any atom is -0.496 e. The highest BCUT2D eigenvalue weighted by atomic mass is 35.5. The molecule has 0 unspecified atom stereocenters. The Labute approximate surface area is 205 Å². The van der Waals surface area contributed by atoms with Crippen LogP contribution in [0.25, 0.3) is 37.9 Å². The Bertz CT molecular complexity index is 1570. The Hall–Kier alpha value is -3.61. The highest BCUT2D eigenvalue weighted by molar-refractivity contribution is 7.22. The summed E-state index contributed by atoms with van der Waals surface area (Å²) in [7, 11) is 1.62. The predicted molar refractivity (Wildman–Crippen MR) is 140 cm³/mol. The first-order valence-electron chi connectivity index (χ1n) is 10.6. The zero-order valence-electron chi connectivity index (χ0n) is 18.8. The zero-order chi connectivity index (χ0) is 23.8. The predicted octanol–water partition coefficient (Wildman–Crippen LogP) is 7.72. The van der Waals surface area contributed by atoms with E-state index in [1.807, 2.05) is 62.4 Å². The number of fused-ring (bicyclic) bond motifs is 2. The van der Waals surface area contributed by atoms with Crippen molar-refractivity contribution < 1.29 is 13.9 Å². The van der Waals surface area contributed by atoms with Gasteiger partial charge in [-0.2, -0.15) is 0 Å². The van der Waals surface area contributed by atoms with Gasteiger partial charge >= 0.3 is 0 Å². The lowest BCUT2D eigenvalue weighted by Crippen LogP contribution is -2.08. The third-order valence-electron chi connectivity index (χ3n) is 5.69. The number of aromatic nitrogens is 1. The van der Waals surface area contributed by atoms with Crippen LogP contribution in [0.2, 0.25) is 5.02 Å². The van der Waals surface area contributed by atoms with Crippen LogP contribution < -0.4 is 10.1 Å². The van der Waals surface area contributed by atoms with E-state index >= 15 is 0 Å². The molecule has 170 valence electrons. The van der Waals surface area contributed by atoms with Crippen molar-refractivity contribution in [3.05, 3.63) is 83.1 Å². The molecule has 7 heteroatoms. The quantitative estimate of drug-likeness (QED) is 0.257. The molecule has 1 amide bonds. The lowest BCUT2D eigenvalue weighted by molar-refractivity contribution is -0.111. The minimum atomic E-state index is -0.266. The van der Waals surface area contributed by atoms with Gasteiger partial charge in [0.25, 0.3) is 0 Å². The maximum Gasteiger partial charge on any atom is 0.250 e. The van der Waals surface area contributed by atoms with Crippen LogP contribution in [0.15, 0.2) is 71.4 Å². The normalized spacial score (nSPS) is 11.8. The Balaban J connectivity index is 1.51. The molecule has 2 aromatic heterocycles. The third kappa shape index (κ3) is 4.06. The summed E-state index contributed by atoms with van der Waals surface area (Å²) < 4.78 is 12.5. The number of methoxy groups -OCH3 is 1.